The van der Waals surface area contributed by atoms with Crippen molar-refractivity contribution in [2.75, 3.05) is 12.5 Å². The minimum absolute atomic E-state index is 0.231. The Labute approximate surface area is 129 Å². The van der Waals surface area contributed by atoms with Crippen LogP contribution in [0.2, 0.25) is 0 Å². The van der Waals surface area contributed by atoms with Gasteiger partial charge in [-0.3, -0.25) is 0 Å². The van der Waals surface area contributed by atoms with Crippen molar-refractivity contribution < 1.29 is 21.6 Å². The molecule has 0 radical (unpaired) electrons. The fourth-order valence-corrected chi connectivity index (χ4v) is 4.84. The van der Waals surface area contributed by atoms with Gasteiger partial charge in [0.25, 0.3) is 0 Å². The summed E-state index contributed by atoms with van der Waals surface area (Å²) < 4.78 is 62.8. The molecule has 1 aromatic rings. The molecule has 0 spiro atoms. The summed E-state index contributed by atoms with van der Waals surface area (Å²) in [6.07, 6.45) is -1.47. The number of halogens is 3. The molecule has 0 aromatic heterocycles. The lowest BCUT2D eigenvalue weighted by Crippen LogP contribution is -2.09. The Morgan fingerprint density at radius 2 is 1.81 bits per heavy atom. The van der Waals surface area contributed by atoms with Gasteiger partial charge in [-0.05, 0) is 30.7 Å². The van der Waals surface area contributed by atoms with Crippen LogP contribution >= 0.6 is 23.5 Å². The van der Waals surface area contributed by atoms with E-state index in [4.69, 9.17) is 5.26 Å². The fraction of sp³-hybridized carbons (Fsp3) is 0.250. The van der Waals surface area contributed by atoms with E-state index >= 15 is 0 Å². The van der Waals surface area contributed by atoms with Gasteiger partial charge in [-0.1, -0.05) is 6.07 Å². The van der Waals surface area contributed by atoms with Gasteiger partial charge in [0.2, 0.25) is 9.84 Å². The molecule has 9 heteroatoms. The van der Waals surface area contributed by atoms with Gasteiger partial charge < -0.3 is 0 Å². The zero-order valence-electron chi connectivity index (χ0n) is 10.9. The van der Waals surface area contributed by atoms with Gasteiger partial charge in [-0.25, -0.2) is 8.42 Å². The monoisotopic (exact) mass is 353 g/mol. The van der Waals surface area contributed by atoms with Gasteiger partial charge in [0.15, 0.2) is 4.91 Å². The topological polar surface area (TPSA) is 57.9 Å². The van der Waals surface area contributed by atoms with Crippen LogP contribution in [0, 0.1) is 11.3 Å². The summed E-state index contributed by atoms with van der Waals surface area (Å²) in [6, 6.07) is 4.92. The second-order valence-corrected chi connectivity index (χ2v) is 7.44. The molecule has 0 saturated carbocycles. The van der Waals surface area contributed by atoms with Gasteiger partial charge in [0.05, 0.1) is 14.7 Å². The Morgan fingerprint density at radius 3 is 2.24 bits per heavy atom. The molecule has 0 unspecified atom stereocenters. The fourth-order valence-electron chi connectivity index (χ4n) is 1.44. The van der Waals surface area contributed by atoms with Gasteiger partial charge in [0.1, 0.15) is 6.07 Å². The molecular formula is C12H10F3NO2S3. The Morgan fingerprint density at radius 1 is 1.24 bits per heavy atom. The molecule has 0 aliphatic rings. The second kappa shape index (κ2) is 6.77. The summed E-state index contributed by atoms with van der Waals surface area (Å²) in [5.74, 6) is 0. The van der Waals surface area contributed by atoms with Crippen LogP contribution in [0.25, 0.3) is 0 Å². The van der Waals surface area contributed by atoms with Crippen LogP contribution in [0.3, 0.4) is 0 Å². The predicted molar refractivity (Wildman–Crippen MR) is 78.3 cm³/mol. The van der Waals surface area contributed by atoms with Crippen molar-refractivity contribution in [2.45, 2.75) is 11.1 Å². The van der Waals surface area contributed by atoms with Crippen LogP contribution in [0.5, 0.6) is 0 Å². The molecule has 0 saturated heterocycles. The van der Waals surface area contributed by atoms with Crippen LogP contribution in [0.1, 0.15) is 5.56 Å². The SMILES string of the molecule is CSC(SC)=C(C#N)S(=O)(=O)c1cccc(C(F)(F)F)c1. The summed E-state index contributed by atoms with van der Waals surface area (Å²) in [6.45, 7) is 0. The molecule has 1 rings (SSSR count). The number of rotatable bonds is 4. The smallest absolute Gasteiger partial charge is 0.218 e. The number of hydrogen-bond donors (Lipinski definition) is 0. The lowest BCUT2D eigenvalue weighted by atomic mass is 10.2. The van der Waals surface area contributed by atoms with Crippen molar-refractivity contribution in [3.05, 3.63) is 39.0 Å². The first-order chi connectivity index (χ1) is 9.68. The number of sulfone groups is 1. The third-order valence-corrected chi connectivity index (χ3v) is 6.51. The minimum Gasteiger partial charge on any atom is -0.218 e. The van der Waals surface area contributed by atoms with Crippen molar-refractivity contribution in [1.82, 2.24) is 0 Å². The van der Waals surface area contributed by atoms with E-state index in [1.807, 2.05) is 0 Å². The molecule has 0 amide bonds. The zero-order chi connectivity index (χ0) is 16.3. The summed E-state index contributed by atoms with van der Waals surface area (Å²) in [4.78, 5) is -1.09. The summed E-state index contributed by atoms with van der Waals surface area (Å²) in [5.41, 5.74) is -1.07. The largest absolute Gasteiger partial charge is 0.416 e. The number of nitriles is 1. The van der Waals surface area contributed by atoms with Crippen LogP contribution in [0.15, 0.2) is 38.3 Å². The first-order valence-electron chi connectivity index (χ1n) is 5.33. The number of alkyl halides is 3. The summed E-state index contributed by atoms with van der Waals surface area (Å²) in [5, 5.41) is 9.05. The number of hydrogen-bond acceptors (Lipinski definition) is 5. The summed E-state index contributed by atoms with van der Waals surface area (Å²) >= 11 is 2.11. The number of benzene rings is 1. The lowest BCUT2D eigenvalue weighted by molar-refractivity contribution is -0.137. The van der Waals surface area contributed by atoms with E-state index in [0.29, 0.717) is 6.07 Å². The van der Waals surface area contributed by atoms with E-state index in [2.05, 4.69) is 0 Å². The molecule has 0 bridgehead atoms. The highest BCUT2D eigenvalue weighted by Crippen LogP contribution is 2.35. The maximum absolute atomic E-state index is 12.6. The van der Waals surface area contributed by atoms with E-state index in [0.717, 1.165) is 41.7 Å². The van der Waals surface area contributed by atoms with Gasteiger partial charge in [0, 0.05) is 0 Å². The summed E-state index contributed by atoms with van der Waals surface area (Å²) in [7, 11) is -4.28. The second-order valence-electron chi connectivity index (χ2n) is 3.67. The highest BCUT2D eigenvalue weighted by Gasteiger charge is 2.33. The average Bonchev–Trinajstić information content (AvgIpc) is 2.43. The Bertz CT molecular complexity index is 697. The van der Waals surface area contributed by atoms with Crippen LogP contribution < -0.4 is 0 Å². The van der Waals surface area contributed by atoms with Crippen molar-refractivity contribution >= 4 is 33.4 Å². The Balaban J connectivity index is 3.52. The van der Waals surface area contributed by atoms with Crippen LogP contribution in [-0.2, 0) is 16.0 Å². The standard InChI is InChI=1S/C12H10F3NO2S3/c1-19-11(20-2)10(7-16)21(17,18)9-5-3-4-8(6-9)12(13,14)15/h3-6H,1-2H3. The molecule has 0 aliphatic heterocycles. The number of nitrogens with zero attached hydrogens (tertiary/aromatic N) is 1. The third-order valence-electron chi connectivity index (χ3n) is 2.40. The molecule has 0 fully saturated rings. The minimum atomic E-state index is -4.65. The van der Waals surface area contributed by atoms with Gasteiger partial charge in [-0.15, -0.1) is 23.5 Å². The van der Waals surface area contributed by atoms with Crippen LogP contribution in [0.4, 0.5) is 13.2 Å². The first kappa shape index (κ1) is 17.9. The molecule has 1 aromatic carbocycles. The highest BCUT2D eigenvalue weighted by molar-refractivity contribution is 8.22. The van der Waals surface area contributed by atoms with Gasteiger partial charge in [-0.2, -0.15) is 18.4 Å². The van der Waals surface area contributed by atoms with E-state index in [1.165, 1.54) is 0 Å². The van der Waals surface area contributed by atoms with E-state index in [1.54, 1.807) is 18.6 Å². The quantitative estimate of drug-likeness (QED) is 0.769. The predicted octanol–water partition coefficient (Wildman–Crippen LogP) is 3.90. The van der Waals surface area contributed by atoms with Crippen molar-refractivity contribution in [1.29, 1.82) is 5.26 Å². The molecule has 0 N–H and O–H groups in total. The van der Waals surface area contributed by atoms with E-state index < -0.39 is 31.4 Å². The van der Waals surface area contributed by atoms with Gasteiger partial charge >= 0.3 is 6.18 Å². The number of allylic oxidation sites excluding steroid dienone is 1. The molecule has 114 valence electrons. The average molecular weight is 353 g/mol. The molecule has 3 nitrogen and oxygen atoms in total. The highest BCUT2D eigenvalue weighted by atomic mass is 32.2. The third kappa shape index (κ3) is 3.96. The molecule has 0 atom stereocenters. The molecule has 21 heavy (non-hydrogen) atoms. The Kier molecular flexibility index (Phi) is 5.78. The number of thioether (sulfide) groups is 2. The zero-order valence-corrected chi connectivity index (χ0v) is 13.4. The lowest BCUT2D eigenvalue weighted by Gasteiger charge is -2.10. The molecule has 0 heterocycles. The van der Waals surface area contributed by atoms with Crippen molar-refractivity contribution in [3.8, 4) is 6.07 Å². The molecule has 0 aliphatic carbocycles. The van der Waals surface area contributed by atoms with E-state index in [-0.39, 0.29) is 4.24 Å². The van der Waals surface area contributed by atoms with E-state index in [9.17, 15) is 21.6 Å². The molecular weight excluding hydrogens is 343 g/mol. The normalized spacial score (nSPS) is 11.8. The Hall–Kier alpha value is -1.11. The van der Waals surface area contributed by atoms with Crippen molar-refractivity contribution in [3.63, 3.8) is 0 Å². The maximum Gasteiger partial charge on any atom is 0.416 e. The van der Waals surface area contributed by atoms with Crippen LogP contribution in [-0.4, -0.2) is 20.9 Å². The maximum atomic E-state index is 12.6. The van der Waals surface area contributed by atoms with Crippen molar-refractivity contribution in [2.24, 2.45) is 0 Å². The first-order valence-corrected chi connectivity index (χ1v) is 9.26.